The van der Waals surface area contributed by atoms with Gasteiger partial charge in [0.25, 0.3) is 0 Å². The number of carboxylic acids is 1. The van der Waals surface area contributed by atoms with Crippen LogP contribution in [0.4, 0.5) is 0 Å². The summed E-state index contributed by atoms with van der Waals surface area (Å²) in [5, 5.41) is 18.4. The van der Waals surface area contributed by atoms with E-state index in [1.807, 2.05) is 18.2 Å². The molecule has 1 N–H and O–H groups in total. The SMILES string of the molecule is N#Cc1ccc(CN(CC(=O)O)C(=O)CSc2ccccc2Cl)cc1. The number of amides is 1. The van der Waals surface area contributed by atoms with Crippen LogP contribution in [0.5, 0.6) is 0 Å². The number of hydrogen-bond donors (Lipinski definition) is 1. The van der Waals surface area contributed by atoms with E-state index in [1.165, 1.54) is 16.7 Å². The van der Waals surface area contributed by atoms with Gasteiger partial charge in [0.15, 0.2) is 0 Å². The van der Waals surface area contributed by atoms with Crippen molar-refractivity contribution in [1.29, 1.82) is 5.26 Å². The molecule has 0 aromatic heterocycles. The van der Waals surface area contributed by atoms with Crippen molar-refractivity contribution in [3.05, 3.63) is 64.7 Å². The number of halogens is 1. The minimum absolute atomic E-state index is 0.0906. The van der Waals surface area contributed by atoms with Gasteiger partial charge in [-0.1, -0.05) is 35.9 Å². The van der Waals surface area contributed by atoms with E-state index in [0.717, 1.165) is 10.5 Å². The molecule has 128 valence electrons. The Morgan fingerprint density at radius 1 is 1.16 bits per heavy atom. The van der Waals surface area contributed by atoms with E-state index >= 15 is 0 Å². The molecule has 2 aromatic carbocycles. The van der Waals surface area contributed by atoms with Crippen LogP contribution < -0.4 is 0 Å². The summed E-state index contributed by atoms with van der Waals surface area (Å²) in [7, 11) is 0. The topological polar surface area (TPSA) is 81.4 Å². The van der Waals surface area contributed by atoms with E-state index in [0.29, 0.717) is 10.6 Å². The predicted octanol–water partition coefficient (Wildman–Crippen LogP) is 3.42. The number of carbonyl (C=O) groups excluding carboxylic acids is 1. The summed E-state index contributed by atoms with van der Waals surface area (Å²) >= 11 is 7.33. The van der Waals surface area contributed by atoms with E-state index in [4.69, 9.17) is 22.0 Å². The molecule has 0 unspecified atom stereocenters. The van der Waals surface area contributed by atoms with Crippen molar-refractivity contribution in [2.45, 2.75) is 11.4 Å². The molecule has 0 aliphatic heterocycles. The quantitative estimate of drug-likeness (QED) is 0.751. The lowest BCUT2D eigenvalue weighted by Crippen LogP contribution is -2.36. The summed E-state index contributed by atoms with van der Waals surface area (Å²) in [6.07, 6.45) is 0. The number of nitriles is 1. The number of carbonyl (C=O) groups is 2. The fourth-order valence-electron chi connectivity index (χ4n) is 2.09. The number of hydrogen-bond acceptors (Lipinski definition) is 4. The number of carboxylic acid groups (broad SMARTS) is 1. The van der Waals surface area contributed by atoms with Gasteiger partial charge in [0.1, 0.15) is 6.54 Å². The van der Waals surface area contributed by atoms with Crippen LogP contribution in [0.25, 0.3) is 0 Å². The van der Waals surface area contributed by atoms with Crippen LogP contribution in [0.2, 0.25) is 5.02 Å². The van der Waals surface area contributed by atoms with E-state index in [9.17, 15) is 9.59 Å². The molecule has 1 amide bonds. The molecule has 0 bridgehead atoms. The van der Waals surface area contributed by atoms with Gasteiger partial charge in [0.05, 0.1) is 22.4 Å². The first-order valence-electron chi connectivity index (χ1n) is 7.35. The van der Waals surface area contributed by atoms with Gasteiger partial charge in [-0.05, 0) is 29.8 Å². The average Bonchev–Trinajstić information content (AvgIpc) is 2.60. The molecule has 0 atom stereocenters. The number of rotatable bonds is 7. The number of thioether (sulfide) groups is 1. The van der Waals surface area contributed by atoms with Crippen LogP contribution in [0.1, 0.15) is 11.1 Å². The Morgan fingerprint density at radius 2 is 1.84 bits per heavy atom. The zero-order valence-electron chi connectivity index (χ0n) is 13.2. The molecule has 2 rings (SSSR count). The molecular formula is C18H15ClN2O3S. The summed E-state index contributed by atoms with van der Waals surface area (Å²) in [5.41, 5.74) is 1.27. The second-order valence-corrected chi connectivity index (χ2v) is 6.60. The fraction of sp³-hybridized carbons (Fsp3) is 0.167. The van der Waals surface area contributed by atoms with E-state index in [1.54, 1.807) is 36.4 Å². The van der Waals surface area contributed by atoms with Crippen LogP contribution in [0, 0.1) is 11.3 Å². The van der Waals surface area contributed by atoms with Gasteiger partial charge in [-0.15, -0.1) is 11.8 Å². The third kappa shape index (κ3) is 5.82. The lowest BCUT2D eigenvalue weighted by molar-refractivity contribution is -0.143. The Labute approximate surface area is 154 Å². The Morgan fingerprint density at radius 3 is 2.44 bits per heavy atom. The highest BCUT2D eigenvalue weighted by Crippen LogP contribution is 2.26. The lowest BCUT2D eigenvalue weighted by Gasteiger charge is -2.21. The first kappa shape index (κ1) is 18.8. The lowest BCUT2D eigenvalue weighted by atomic mass is 10.1. The molecule has 0 heterocycles. The Bertz CT molecular complexity index is 803. The van der Waals surface area contributed by atoms with Crippen LogP contribution in [0.3, 0.4) is 0 Å². The van der Waals surface area contributed by atoms with Gasteiger partial charge >= 0.3 is 5.97 Å². The minimum Gasteiger partial charge on any atom is -0.480 e. The fourth-order valence-corrected chi connectivity index (χ4v) is 3.23. The van der Waals surface area contributed by atoms with Crippen LogP contribution in [-0.2, 0) is 16.1 Å². The number of nitrogens with zero attached hydrogens (tertiary/aromatic N) is 2. The third-order valence-electron chi connectivity index (χ3n) is 3.32. The third-order valence-corrected chi connectivity index (χ3v) is 4.82. The summed E-state index contributed by atoms with van der Waals surface area (Å²) in [4.78, 5) is 25.5. The largest absolute Gasteiger partial charge is 0.480 e. The number of aliphatic carboxylic acids is 1. The molecular weight excluding hydrogens is 360 g/mol. The minimum atomic E-state index is -1.08. The van der Waals surface area contributed by atoms with Crippen LogP contribution >= 0.6 is 23.4 Å². The molecule has 0 saturated carbocycles. The van der Waals surface area contributed by atoms with Gasteiger partial charge in [0, 0.05) is 11.4 Å². The molecule has 0 spiro atoms. The second-order valence-electron chi connectivity index (χ2n) is 5.17. The van der Waals surface area contributed by atoms with Crippen molar-refractivity contribution in [2.24, 2.45) is 0 Å². The Kier molecular flexibility index (Phi) is 6.87. The predicted molar refractivity (Wildman–Crippen MR) is 96.4 cm³/mol. The maximum Gasteiger partial charge on any atom is 0.323 e. The molecule has 25 heavy (non-hydrogen) atoms. The second kappa shape index (κ2) is 9.11. The van der Waals surface area contributed by atoms with Crippen molar-refractivity contribution < 1.29 is 14.7 Å². The Balaban J connectivity index is 2.04. The van der Waals surface area contributed by atoms with E-state index < -0.39 is 5.97 Å². The normalized spacial score (nSPS) is 10.1. The van der Waals surface area contributed by atoms with Gasteiger partial charge in [-0.2, -0.15) is 5.26 Å². The average molecular weight is 375 g/mol. The number of benzene rings is 2. The molecule has 0 saturated heterocycles. The van der Waals surface area contributed by atoms with Gasteiger partial charge < -0.3 is 10.0 Å². The highest BCUT2D eigenvalue weighted by atomic mass is 35.5. The van der Waals surface area contributed by atoms with Crippen molar-refractivity contribution in [1.82, 2.24) is 4.90 Å². The molecule has 0 fully saturated rings. The zero-order chi connectivity index (χ0) is 18.2. The highest BCUT2D eigenvalue weighted by molar-refractivity contribution is 8.00. The van der Waals surface area contributed by atoms with Crippen LogP contribution in [0.15, 0.2) is 53.4 Å². The summed E-state index contributed by atoms with van der Waals surface area (Å²) in [6.45, 7) is -0.220. The maximum absolute atomic E-state index is 12.4. The van der Waals surface area contributed by atoms with Gasteiger partial charge in [-0.25, -0.2) is 0 Å². The van der Waals surface area contributed by atoms with Gasteiger partial charge in [0.2, 0.25) is 5.91 Å². The molecule has 0 radical (unpaired) electrons. The highest BCUT2D eigenvalue weighted by Gasteiger charge is 2.18. The molecule has 7 heteroatoms. The first-order valence-corrected chi connectivity index (χ1v) is 8.72. The summed E-state index contributed by atoms with van der Waals surface area (Å²) < 4.78 is 0. The smallest absolute Gasteiger partial charge is 0.323 e. The molecule has 2 aromatic rings. The molecule has 0 aliphatic rings. The van der Waals surface area contributed by atoms with Crippen LogP contribution in [-0.4, -0.2) is 34.2 Å². The maximum atomic E-state index is 12.4. The van der Waals surface area contributed by atoms with E-state index in [2.05, 4.69) is 0 Å². The summed E-state index contributed by atoms with van der Waals surface area (Å²) in [5.74, 6) is -1.28. The van der Waals surface area contributed by atoms with Crippen molar-refractivity contribution in [2.75, 3.05) is 12.3 Å². The van der Waals surface area contributed by atoms with Crippen molar-refractivity contribution in [3.63, 3.8) is 0 Å². The van der Waals surface area contributed by atoms with E-state index in [-0.39, 0.29) is 24.7 Å². The van der Waals surface area contributed by atoms with Crippen molar-refractivity contribution in [3.8, 4) is 6.07 Å². The molecule has 5 nitrogen and oxygen atoms in total. The molecule has 0 aliphatic carbocycles. The standard InChI is InChI=1S/C18H15ClN2O3S/c19-15-3-1-2-4-16(15)25-12-17(22)21(11-18(23)24)10-14-7-5-13(9-20)6-8-14/h1-8H,10-12H2,(H,23,24). The monoisotopic (exact) mass is 374 g/mol. The van der Waals surface area contributed by atoms with Crippen molar-refractivity contribution >= 4 is 35.2 Å². The zero-order valence-corrected chi connectivity index (χ0v) is 14.8. The Hall–Kier alpha value is -2.49. The summed E-state index contributed by atoms with van der Waals surface area (Å²) in [6, 6.07) is 15.9. The van der Waals surface area contributed by atoms with Gasteiger partial charge in [-0.3, -0.25) is 9.59 Å². The first-order chi connectivity index (χ1) is 12.0.